The number of anilines is 3. The Kier molecular flexibility index (Phi) is 5.28. The maximum absolute atomic E-state index is 12.8. The zero-order valence-corrected chi connectivity index (χ0v) is 16.0. The van der Waals surface area contributed by atoms with Crippen LogP contribution in [0.3, 0.4) is 0 Å². The van der Waals surface area contributed by atoms with Crippen LogP contribution in [0.25, 0.3) is 0 Å². The third-order valence-corrected chi connectivity index (χ3v) is 5.69. The van der Waals surface area contributed by atoms with Crippen molar-refractivity contribution in [3.05, 3.63) is 48.2 Å². The average molecular weight is 364 g/mol. The molecule has 0 radical (unpaired) electrons. The molecule has 0 atom stereocenters. The van der Waals surface area contributed by atoms with Gasteiger partial charge in [-0.2, -0.15) is 0 Å². The van der Waals surface area contributed by atoms with Gasteiger partial charge >= 0.3 is 0 Å². The van der Waals surface area contributed by atoms with Crippen molar-refractivity contribution in [1.82, 2.24) is 9.88 Å². The Balaban J connectivity index is 1.42. The predicted octanol–water partition coefficient (Wildman–Crippen LogP) is 4.30. The summed E-state index contributed by atoms with van der Waals surface area (Å²) >= 11 is 0. The standard InChI is InChI=1S/C22H28N4O/c1-17-9-14-26(15-10-17)22(27)18-8-11-23-21(16-18)24-19-4-6-20(7-5-19)25-12-2-3-13-25/h4-8,11,16-17H,2-3,9-10,12-15H2,1H3,(H,23,24). The fourth-order valence-electron chi connectivity index (χ4n) is 3.90. The molecule has 2 aliphatic heterocycles. The molecule has 142 valence electrons. The van der Waals surface area contributed by atoms with Crippen molar-refractivity contribution in [1.29, 1.82) is 0 Å². The highest BCUT2D eigenvalue weighted by Gasteiger charge is 2.21. The van der Waals surface area contributed by atoms with Crippen LogP contribution in [0.15, 0.2) is 42.6 Å². The van der Waals surface area contributed by atoms with Crippen LogP contribution in [0.5, 0.6) is 0 Å². The molecule has 2 saturated heterocycles. The zero-order chi connectivity index (χ0) is 18.6. The second-order valence-electron chi connectivity index (χ2n) is 7.77. The SMILES string of the molecule is CC1CCN(C(=O)c2ccnc(Nc3ccc(N4CCCC4)cc3)c2)CC1. The third-order valence-electron chi connectivity index (χ3n) is 5.69. The van der Waals surface area contributed by atoms with E-state index in [9.17, 15) is 4.79 Å². The molecule has 2 aliphatic rings. The van der Waals surface area contributed by atoms with Crippen LogP contribution in [0.4, 0.5) is 17.2 Å². The lowest BCUT2D eigenvalue weighted by Gasteiger charge is -2.30. The van der Waals surface area contributed by atoms with Gasteiger partial charge in [0.25, 0.3) is 5.91 Å². The highest BCUT2D eigenvalue weighted by molar-refractivity contribution is 5.95. The van der Waals surface area contributed by atoms with E-state index in [1.54, 1.807) is 6.20 Å². The number of likely N-dealkylation sites (tertiary alicyclic amines) is 1. The van der Waals surface area contributed by atoms with E-state index in [2.05, 4.69) is 46.4 Å². The molecule has 5 nitrogen and oxygen atoms in total. The average Bonchev–Trinajstić information content (AvgIpc) is 3.24. The Morgan fingerprint density at radius 2 is 1.74 bits per heavy atom. The molecule has 0 unspecified atom stereocenters. The number of hydrogen-bond donors (Lipinski definition) is 1. The van der Waals surface area contributed by atoms with Crippen molar-refractivity contribution >= 4 is 23.1 Å². The van der Waals surface area contributed by atoms with Gasteiger partial charge in [-0.05, 0) is 68.0 Å². The predicted molar refractivity (Wildman–Crippen MR) is 110 cm³/mol. The number of nitrogens with one attached hydrogen (secondary N) is 1. The molecule has 5 heteroatoms. The summed E-state index contributed by atoms with van der Waals surface area (Å²) in [5.74, 6) is 1.53. The largest absolute Gasteiger partial charge is 0.372 e. The van der Waals surface area contributed by atoms with E-state index in [1.807, 2.05) is 17.0 Å². The van der Waals surface area contributed by atoms with Crippen LogP contribution in [0.1, 0.15) is 43.0 Å². The van der Waals surface area contributed by atoms with Crippen molar-refractivity contribution in [3.8, 4) is 0 Å². The maximum Gasteiger partial charge on any atom is 0.254 e. The van der Waals surface area contributed by atoms with Gasteiger partial charge in [0.1, 0.15) is 5.82 Å². The number of piperidine rings is 1. The quantitative estimate of drug-likeness (QED) is 0.879. The smallest absolute Gasteiger partial charge is 0.254 e. The molecule has 1 N–H and O–H groups in total. The van der Waals surface area contributed by atoms with Crippen LogP contribution >= 0.6 is 0 Å². The summed E-state index contributed by atoms with van der Waals surface area (Å²) in [5, 5.41) is 3.33. The van der Waals surface area contributed by atoms with Gasteiger partial charge < -0.3 is 15.1 Å². The highest BCUT2D eigenvalue weighted by atomic mass is 16.2. The summed E-state index contributed by atoms with van der Waals surface area (Å²) in [7, 11) is 0. The number of amides is 1. The zero-order valence-electron chi connectivity index (χ0n) is 16.0. The minimum Gasteiger partial charge on any atom is -0.372 e. The normalized spacial score (nSPS) is 18.0. The minimum absolute atomic E-state index is 0.108. The number of pyridine rings is 1. The molecule has 1 amide bonds. The first-order valence-electron chi connectivity index (χ1n) is 10.1. The molecule has 1 aromatic heterocycles. The summed E-state index contributed by atoms with van der Waals surface area (Å²) in [6, 6.07) is 12.1. The van der Waals surface area contributed by atoms with E-state index in [1.165, 1.54) is 18.5 Å². The minimum atomic E-state index is 0.108. The lowest BCUT2D eigenvalue weighted by atomic mass is 9.99. The van der Waals surface area contributed by atoms with E-state index in [0.29, 0.717) is 17.3 Å². The second kappa shape index (κ2) is 7.99. The summed E-state index contributed by atoms with van der Waals surface area (Å²) in [6.45, 7) is 6.25. The van der Waals surface area contributed by atoms with Gasteiger partial charge in [0.05, 0.1) is 0 Å². The number of carbonyl (C=O) groups is 1. The molecule has 0 aliphatic carbocycles. The van der Waals surface area contributed by atoms with Crippen molar-refractivity contribution < 1.29 is 4.79 Å². The molecular weight excluding hydrogens is 336 g/mol. The van der Waals surface area contributed by atoms with Gasteiger partial charge in [0, 0.05) is 49.3 Å². The van der Waals surface area contributed by atoms with Gasteiger partial charge in [0.2, 0.25) is 0 Å². The number of benzene rings is 1. The first-order valence-corrected chi connectivity index (χ1v) is 10.1. The fraction of sp³-hybridized carbons (Fsp3) is 0.455. The molecule has 0 bridgehead atoms. The molecular formula is C22H28N4O. The van der Waals surface area contributed by atoms with Crippen LogP contribution in [-0.4, -0.2) is 42.0 Å². The molecule has 4 rings (SSSR count). The Hall–Kier alpha value is -2.56. The number of aromatic nitrogens is 1. The highest BCUT2D eigenvalue weighted by Crippen LogP contribution is 2.24. The second-order valence-corrected chi connectivity index (χ2v) is 7.77. The first kappa shape index (κ1) is 17.8. The maximum atomic E-state index is 12.8. The van der Waals surface area contributed by atoms with Crippen LogP contribution < -0.4 is 10.2 Å². The van der Waals surface area contributed by atoms with Gasteiger partial charge in [-0.1, -0.05) is 6.92 Å². The molecule has 2 fully saturated rings. The Labute approximate surface area is 161 Å². The van der Waals surface area contributed by atoms with E-state index in [-0.39, 0.29) is 5.91 Å². The molecule has 1 aromatic carbocycles. The van der Waals surface area contributed by atoms with Crippen molar-refractivity contribution in [3.63, 3.8) is 0 Å². The van der Waals surface area contributed by atoms with Gasteiger partial charge in [-0.15, -0.1) is 0 Å². The summed E-state index contributed by atoms with van der Waals surface area (Å²) in [4.78, 5) is 21.5. The fourth-order valence-corrected chi connectivity index (χ4v) is 3.90. The Morgan fingerprint density at radius 3 is 2.44 bits per heavy atom. The number of hydrogen-bond acceptors (Lipinski definition) is 4. The first-order chi connectivity index (χ1) is 13.2. The number of nitrogens with zero attached hydrogens (tertiary/aromatic N) is 3. The van der Waals surface area contributed by atoms with Crippen LogP contribution in [0, 0.1) is 5.92 Å². The molecule has 27 heavy (non-hydrogen) atoms. The summed E-state index contributed by atoms with van der Waals surface area (Å²) in [5.41, 5.74) is 2.96. The summed E-state index contributed by atoms with van der Waals surface area (Å²) in [6.07, 6.45) is 6.44. The summed E-state index contributed by atoms with van der Waals surface area (Å²) < 4.78 is 0. The monoisotopic (exact) mass is 364 g/mol. The third kappa shape index (κ3) is 4.24. The van der Waals surface area contributed by atoms with Gasteiger partial charge in [-0.3, -0.25) is 4.79 Å². The van der Waals surface area contributed by atoms with Crippen molar-refractivity contribution in [2.45, 2.75) is 32.6 Å². The van der Waals surface area contributed by atoms with Crippen molar-refractivity contribution in [2.75, 3.05) is 36.4 Å². The van der Waals surface area contributed by atoms with Crippen LogP contribution in [-0.2, 0) is 0 Å². The molecule has 0 saturated carbocycles. The number of carbonyl (C=O) groups excluding carboxylic acids is 1. The Morgan fingerprint density at radius 1 is 1.04 bits per heavy atom. The molecule has 2 aromatic rings. The topological polar surface area (TPSA) is 48.5 Å². The van der Waals surface area contributed by atoms with E-state index in [0.717, 1.165) is 44.7 Å². The van der Waals surface area contributed by atoms with E-state index >= 15 is 0 Å². The van der Waals surface area contributed by atoms with Crippen LogP contribution in [0.2, 0.25) is 0 Å². The van der Waals surface area contributed by atoms with Crippen molar-refractivity contribution in [2.24, 2.45) is 5.92 Å². The lowest BCUT2D eigenvalue weighted by Crippen LogP contribution is -2.37. The van der Waals surface area contributed by atoms with E-state index in [4.69, 9.17) is 0 Å². The van der Waals surface area contributed by atoms with Gasteiger partial charge in [0.15, 0.2) is 0 Å². The molecule has 3 heterocycles. The number of rotatable bonds is 4. The van der Waals surface area contributed by atoms with E-state index < -0.39 is 0 Å². The van der Waals surface area contributed by atoms with Gasteiger partial charge in [-0.25, -0.2) is 4.98 Å². The lowest BCUT2D eigenvalue weighted by molar-refractivity contribution is 0.0697. The molecule has 0 spiro atoms. The Bertz CT molecular complexity index is 775.